The number of halogens is 1. The Labute approximate surface area is 126 Å². The van der Waals surface area contributed by atoms with E-state index in [0.717, 1.165) is 25.2 Å². The van der Waals surface area contributed by atoms with Crippen molar-refractivity contribution in [2.75, 3.05) is 33.7 Å². The third kappa shape index (κ3) is 4.82. The summed E-state index contributed by atoms with van der Waals surface area (Å²) in [6, 6.07) is 5.60. The van der Waals surface area contributed by atoms with Crippen molar-refractivity contribution in [3.63, 3.8) is 0 Å². The van der Waals surface area contributed by atoms with Crippen LogP contribution in [0.25, 0.3) is 0 Å². The van der Waals surface area contributed by atoms with Crippen LogP contribution in [0.2, 0.25) is 0 Å². The minimum absolute atomic E-state index is 0.225. The average molecular weight is 289 g/mol. The van der Waals surface area contributed by atoms with Crippen LogP contribution in [0.15, 0.2) is 18.2 Å². The summed E-state index contributed by atoms with van der Waals surface area (Å²) < 4.78 is 13.7. The highest BCUT2D eigenvalue weighted by Crippen LogP contribution is 2.21. The molecule has 2 N–H and O–H groups in total. The molecule has 1 aromatic rings. The first kappa shape index (κ1) is 16.0. The van der Waals surface area contributed by atoms with Gasteiger partial charge >= 0.3 is 0 Å². The van der Waals surface area contributed by atoms with Gasteiger partial charge in [-0.2, -0.15) is 0 Å². The van der Waals surface area contributed by atoms with E-state index in [1.165, 1.54) is 18.9 Å². The molecule has 1 aromatic carbocycles. The van der Waals surface area contributed by atoms with Crippen molar-refractivity contribution in [3.8, 4) is 11.8 Å². The average Bonchev–Trinajstić information content (AvgIpc) is 2.82. The van der Waals surface area contributed by atoms with Gasteiger partial charge in [-0.1, -0.05) is 11.8 Å². The molecule has 4 heteroatoms. The lowest BCUT2D eigenvalue weighted by Gasteiger charge is -2.27. The van der Waals surface area contributed by atoms with Gasteiger partial charge in [0, 0.05) is 24.7 Å². The van der Waals surface area contributed by atoms with Crippen LogP contribution in [0.3, 0.4) is 0 Å². The number of nitrogens with zero attached hydrogens (tertiary/aromatic N) is 2. The van der Waals surface area contributed by atoms with Crippen LogP contribution < -0.4 is 5.73 Å². The third-order valence-corrected chi connectivity index (χ3v) is 3.75. The highest BCUT2D eigenvalue weighted by Gasteiger charge is 2.24. The zero-order chi connectivity index (χ0) is 15.2. The standard InChI is InChI=1S/C17H24FN3/c1-20(2)13-17-6-4-8-21(17)12-15-9-14(5-3-7-19)10-16(18)11-15/h9-11,17H,4,6-8,12-13,19H2,1-2H3. The van der Waals surface area contributed by atoms with E-state index in [0.29, 0.717) is 18.2 Å². The Hall–Kier alpha value is -1.41. The molecule has 0 spiro atoms. The van der Waals surface area contributed by atoms with E-state index in [1.54, 1.807) is 6.07 Å². The molecule has 21 heavy (non-hydrogen) atoms. The van der Waals surface area contributed by atoms with Crippen LogP contribution in [0.4, 0.5) is 4.39 Å². The Morgan fingerprint density at radius 3 is 2.90 bits per heavy atom. The van der Waals surface area contributed by atoms with Crippen LogP contribution >= 0.6 is 0 Å². The minimum atomic E-state index is -0.225. The van der Waals surface area contributed by atoms with Gasteiger partial charge in [-0.3, -0.25) is 4.90 Å². The summed E-state index contributed by atoms with van der Waals surface area (Å²) >= 11 is 0. The van der Waals surface area contributed by atoms with Gasteiger partial charge in [0.25, 0.3) is 0 Å². The summed E-state index contributed by atoms with van der Waals surface area (Å²) in [6.45, 7) is 3.21. The van der Waals surface area contributed by atoms with Crippen LogP contribution in [0, 0.1) is 17.7 Å². The van der Waals surface area contributed by atoms with E-state index in [4.69, 9.17) is 5.73 Å². The van der Waals surface area contributed by atoms with Gasteiger partial charge in [0.1, 0.15) is 5.82 Å². The number of nitrogens with two attached hydrogens (primary N) is 1. The predicted octanol–water partition coefficient (Wildman–Crippen LogP) is 1.66. The molecule has 1 fully saturated rings. The highest BCUT2D eigenvalue weighted by atomic mass is 19.1. The van der Waals surface area contributed by atoms with Gasteiger partial charge in [-0.25, -0.2) is 4.39 Å². The van der Waals surface area contributed by atoms with E-state index >= 15 is 0 Å². The molecule has 1 atom stereocenters. The van der Waals surface area contributed by atoms with Gasteiger partial charge in [0.15, 0.2) is 0 Å². The van der Waals surface area contributed by atoms with E-state index in [-0.39, 0.29) is 5.82 Å². The zero-order valence-electron chi connectivity index (χ0n) is 12.9. The quantitative estimate of drug-likeness (QED) is 0.856. The van der Waals surface area contributed by atoms with Crippen molar-refractivity contribution in [1.82, 2.24) is 9.80 Å². The van der Waals surface area contributed by atoms with E-state index < -0.39 is 0 Å². The molecule has 114 valence electrons. The van der Waals surface area contributed by atoms with Crippen LogP contribution in [0.1, 0.15) is 24.0 Å². The number of likely N-dealkylation sites (N-methyl/N-ethyl adjacent to an activating group) is 1. The summed E-state index contributed by atoms with van der Waals surface area (Å²) in [6.07, 6.45) is 2.43. The monoisotopic (exact) mass is 289 g/mol. The van der Waals surface area contributed by atoms with Gasteiger partial charge in [-0.05, 0) is 57.2 Å². The topological polar surface area (TPSA) is 32.5 Å². The van der Waals surface area contributed by atoms with Crippen molar-refractivity contribution in [2.24, 2.45) is 5.73 Å². The molecule has 0 saturated carbocycles. The van der Waals surface area contributed by atoms with Crippen LogP contribution in [-0.2, 0) is 6.54 Å². The molecule has 0 aromatic heterocycles. The summed E-state index contributed by atoms with van der Waals surface area (Å²) in [7, 11) is 4.19. The van der Waals surface area contributed by atoms with E-state index in [1.807, 2.05) is 6.07 Å². The fourth-order valence-corrected chi connectivity index (χ4v) is 2.93. The second kappa shape index (κ2) is 7.56. The Kier molecular flexibility index (Phi) is 5.75. The third-order valence-electron chi connectivity index (χ3n) is 3.75. The number of likely N-dealkylation sites (tertiary alicyclic amines) is 1. The Bertz CT molecular complexity index is 531. The largest absolute Gasteiger partial charge is 0.320 e. The predicted molar refractivity (Wildman–Crippen MR) is 84.3 cm³/mol. The SMILES string of the molecule is CN(C)CC1CCCN1Cc1cc(F)cc(C#CCN)c1. The maximum atomic E-state index is 13.7. The summed E-state index contributed by atoms with van der Waals surface area (Å²) in [5.74, 6) is 5.47. The fourth-order valence-electron chi connectivity index (χ4n) is 2.93. The molecule has 2 rings (SSSR count). The lowest BCUT2D eigenvalue weighted by molar-refractivity contribution is 0.201. The number of hydrogen-bond donors (Lipinski definition) is 1. The molecule has 0 radical (unpaired) electrons. The van der Waals surface area contributed by atoms with Gasteiger partial charge in [0.05, 0.1) is 6.54 Å². The second-order valence-corrected chi connectivity index (χ2v) is 5.88. The summed E-state index contributed by atoms with van der Waals surface area (Å²) in [5.41, 5.74) is 7.06. The minimum Gasteiger partial charge on any atom is -0.320 e. The van der Waals surface area contributed by atoms with Crippen molar-refractivity contribution < 1.29 is 4.39 Å². The maximum Gasteiger partial charge on any atom is 0.124 e. The summed E-state index contributed by atoms with van der Waals surface area (Å²) in [5, 5.41) is 0. The van der Waals surface area contributed by atoms with Crippen molar-refractivity contribution in [2.45, 2.75) is 25.4 Å². The maximum absolute atomic E-state index is 13.7. The Morgan fingerprint density at radius 1 is 1.38 bits per heavy atom. The molecule has 1 aliphatic heterocycles. The zero-order valence-corrected chi connectivity index (χ0v) is 12.9. The number of hydrogen-bond acceptors (Lipinski definition) is 3. The molecular weight excluding hydrogens is 265 g/mol. The molecule has 1 saturated heterocycles. The smallest absolute Gasteiger partial charge is 0.124 e. The second-order valence-electron chi connectivity index (χ2n) is 5.88. The molecule has 0 bridgehead atoms. The Morgan fingerprint density at radius 2 is 2.19 bits per heavy atom. The normalized spacial score (nSPS) is 18.8. The van der Waals surface area contributed by atoms with E-state index in [2.05, 4.69) is 35.7 Å². The molecule has 1 aliphatic rings. The lowest BCUT2D eigenvalue weighted by atomic mass is 10.1. The van der Waals surface area contributed by atoms with Crippen LogP contribution in [0.5, 0.6) is 0 Å². The number of benzene rings is 1. The molecule has 0 amide bonds. The molecule has 1 unspecified atom stereocenters. The highest BCUT2D eigenvalue weighted by molar-refractivity contribution is 5.38. The fraction of sp³-hybridized carbons (Fsp3) is 0.529. The van der Waals surface area contributed by atoms with Gasteiger partial charge in [0.2, 0.25) is 0 Å². The Balaban J connectivity index is 2.09. The summed E-state index contributed by atoms with van der Waals surface area (Å²) in [4.78, 5) is 4.65. The molecule has 1 heterocycles. The van der Waals surface area contributed by atoms with Crippen molar-refractivity contribution in [1.29, 1.82) is 0 Å². The van der Waals surface area contributed by atoms with Crippen LogP contribution in [-0.4, -0.2) is 49.6 Å². The van der Waals surface area contributed by atoms with Crippen molar-refractivity contribution >= 4 is 0 Å². The lowest BCUT2D eigenvalue weighted by Crippen LogP contribution is -2.37. The van der Waals surface area contributed by atoms with Crippen molar-refractivity contribution in [3.05, 3.63) is 35.1 Å². The number of rotatable bonds is 4. The molecule has 0 aliphatic carbocycles. The first-order chi connectivity index (χ1) is 10.1. The molecular formula is C17H24FN3. The van der Waals surface area contributed by atoms with Gasteiger partial charge < -0.3 is 10.6 Å². The first-order valence-corrected chi connectivity index (χ1v) is 7.45. The van der Waals surface area contributed by atoms with Gasteiger partial charge in [-0.15, -0.1) is 0 Å². The first-order valence-electron chi connectivity index (χ1n) is 7.45. The molecule has 3 nitrogen and oxygen atoms in total. The van der Waals surface area contributed by atoms with E-state index in [9.17, 15) is 4.39 Å².